The number of carbonyl (C=O) groups excluding carboxylic acids is 2. The molecule has 0 rings (SSSR count). The number of amides is 2. The first-order valence-corrected chi connectivity index (χ1v) is 12.0. The molecule has 0 aromatic carbocycles. The van der Waals surface area contributed by atoms with Gasteiger partial charge in [0.1, 0.15) is 12.1 Å². The number of thiol groups is 1. The lowest BCUT2D eigenvalue weighted by Crippen LogP contribution is -2.58. The van der Waals surface area contributed by atoms with Gasteiger partial charge in [0.05, 0.1) is 6.04 Å². The van der Waals surface area contributed by atoms with Crippen LogP contribution in [0.25, 0.3) is 0 Å². The van der Waals surface area contributed by atoms with Crippen molar-refractivity contribution in [1.29, 1.82) is 0 Å². The van der Waals surface area contributed by atoms with Gasteiger partial charge in [-0.15, -0.1) is 0 Å². The maximum absolute atomic E-state index is 12.9. The summed E-state index contributed by atoms with van der Waals surface area (Å²) in [5.41, 5.74) is 5.87. The van der Waals surface area contributed by atoms with Crippen LogP contribution in [0.15, 0.2) is 0 Å². The van der Waals surface area contributed by atoms with Crippen molar-refractivity contribution < 1.29 is 19.5 Å². The average Bonchev–Trinajstić information content (AvgIpc) is 2.67. The van der Waals surface area contributed by atoms with E-state index in [1.54, 1.807) is 0 Å². The molecule has 5 atom stereocenters. The largest absolute Gasteiger partial charge is 0.480 e. The zero-order valence-corrected chi connectivity index (χ0v) is 19.8. The molecule has 0 saturated heterocycles. The summed E-state index contributed by atoms with van der Waals surface area (Å²) < 4.78 is 0. The lowest BCUT2D eigenvalue weighted by Gasteiger charge is -2.29. The number of rotatable bonds is 15. The van der Waals surface area contributed by atoms with Gasteiger partial charge in [0, 0.05) is 18.3 Å². The number of hydrogen-bond acceptors (Lipinski definition) is 7. The summed E-state index contributed by atoms with van der Waals surface area (Å²) in [7, 11) is 0. The SMILES string of the molecule is CC[C@H](C)[C@H](NC(=O)[C@@H](NC[C@@H](N)CS)C(C)C)C(=O)N[C@@H](CCSC)C(=O)O. The van der Waals surface area contributed by atoms with E-state index in [1.807, 2.05) is 34.0 Å². The van der Waals surface area contributed by atoms with Crippen LogP contribution in [0.3, 0.4) is 0 Å². The van der Waals surface area contributed by atoms with Crippen molar-refractivity contribution in [3.8, 4) is 0 Å². The molecule has 0 bridgehead atoms. The summed E-state index contributed by atoms with van der Waals surface area (Å²) in [6.07, 6.45) is 2.86. The van der Waals surface area contributed by atoms with Gasteiger partial charge in [-0.25, -0.2) is 4.79 Å². The Kier molecular flexibility index (Phi) is 14.4. The second-order valence-corrected chi connectivity index (χ2v) is 8.98. The number of carboxylic acids is 1. The van der Waals surface area contributed by atoms with Crippen molar-refractivity contribution in [3.05, 3.63) is 0 Å². The smallest absolute Gasteiger partial charge is 0.326 e. The Labute approximate surface area is 184 Å². The topological polar surface area (TPSA) is 134 Å². The van der Waals surface area contributed by atoms with E-state index in [0.29, 0.717) is 30.9 Å². The Morgan fingerprint density at radius 1 is 1.10 bits per heavy atom. The Hall–Kier alpha value is -0.970. The second-order valence-electron chi connectivity index (χ2n) is 7.63. The van der Waals surface area contributed by atoms with Crippen LogP contribution in [0, 0.1) is 11.8 Å². The lowest BCUT2D eigenvalue weighted by atomic mass is 9.96. The molecule has 0 unspecified atom stereocenters. The number of nitrogens with two attached hydrogens (primary N) is 1. The third-order valence-corrected chi connectivity index (χ3v) is 5.92. The first-order chi connectivity index (χ1) is 13.6. The Morgan fingerprint density at radius 2 is 1.69 bits per heavy atom. The van der Waals surface area contributed by atoms with Gasteiger partial charge in [0.15, 0.2) is 0 Å². The van der Waals surface area contributed by atoms with Crippen LogP contribution >= 0.6 is 24.4 Å². The molecular formula is C19H38N4O4S2. The number of hydrogen-bond donors (Lipinski definition) is 6. The molecular weight excluding hydrogens is 412 g/mol. The summed E-state index contributed by atoms with van der Waals surface area (Å²) in [4.78, 5) is 37.2. The molecule has 0 radical (unpaired) electrons. The third kappa shape index (κ3) is 10.6. The first-order valence-electron chi connectivity index (χ1n) is 10.0. The molecule has 0 spiro atoms. The van der Waals surface area contributed by atoms with Crippen LogP contribution in [0.4, 0.5) is 0 Å². The molecule has 170 valence electrons. The minimum atomic E-state index is -1.08. The predicted molar refractivity (Wildman–Crippen MR) is 122 cm³/mol. The van der Waals surface area contributed by atoms with Gasteiger partial charge in [-0.2, -0.15) is 24.4 Å². The van der Waals surface area contributed by atoms with Gasteiger partial charge in [-0.05, 0) is 30.3 Å². The molecule has 6 N–H and O–H groups in total. The number of nitrogens with one attached hydrogen (secondary N) is 3. The van der Waals surface area contributed by atoms with E-state index in [0.717, 1.165) is 0 Å². The van der Waals surface area contributed by atoms with Crippen molar-refractivity contribution in [2.24, 2.45) is 17.6 Å². The molecule has 0 aliphatic heterocycles. The first kappa shape index (κ1) is 28.0. The van der Waals surface area contributed by atoms with Crippen molar-refractivity contribution in [3.63, 3.8) is 0 Å². The van der Waals surface area contributed by atoms with Crippen molar-refractivity contribution in [2.45, 2.75) is 64.7 Å². The van der Waals surface area contributed by atoms with E-state index < -0.39 is 30.0 Å². The van der Waals surface area contributed by atoms with E-state index in [1.165, 1.54) is 11.8 Å². The summed E-state index contributed by atoms with van der Waals surface area (Å²) >= 11 is 5.66. The van der Waals surface area contributed by atoms with Crippen LogP contribution in [0.5, 0.6) is 0 Å². The van der Waals surface area contributed by atoms with Crippen LogP contribution in [-0.2, 0) is 14.4 Å². The van der Waals surface area contributed by atoms with E-state index in [4.69, 9.17) is 5.73 Å². The molecule has 0 aromatic rings. The Morgan fingerprint density at radius 3 is 2.14 bits per heavy atom. The quantitative estimate of drug-likeness (QED) is 0.202. The van der Waals surface area contributed by atoms with Gasteiger partial charge in [-0.1, -0.05) is 34.1 Å². The summed E-state index contributed by atoms with van der Waals surface area (Å²) in [5, 5.41) is 17.9. The number of thioether (sulfide) groups is 1. The minimum Gasteiger partial charge on any atom is -0.480 e. The highest BCUT2D eigenvalue weighted by Crippen LogP contribution is 2.11. The predicted octanol–water partition coefficient (Wildman–Crippen LogP) is 0.711. The molecule has 0 heterocycles. The fourth-order valence-corrected chi connectivity index (χ4v) is 3.27. The fraction of sp³-hybridized carbons (Fsp3) is 0.842. The van der Waals surface area contributed by atoms with Crippen molar-refractivity contribution in [1.82, 2.24) is 16.0 Å². The summed E-state index contributed by atoms with van der Waals surface area (Å²) in [6.45, 7) is 8.02. The zero-order valence-electron chi connectivity index (χ0n) is 18.1. The lowest BCUT2D eigenvalue weighted by molar-refractivity contribution is -0.142. The molecule has 0 saturated carbocycles. The van der Waals surface area contributed by atoms with Gasteiger partial charge in [0.25, 0.3) is 0 Å². The number of aliphatic carboxylic acids is 1. The summed E-state index contributed by atoms with van der Waals surface area (Å²) in [6, 6.07) is -2.50. The third-order valence-electron chi connectivity index (χ3n) is 4.80. The summed E-state index contributed by atoms with van der Waals surface area (Å²) in [5.74, 6) is -0.924. The van der Waals surface area contributed by atoms with Crippen LogP contribution < -0.4 is 21.7 Å². The van der Waals surface area contributed by atoms with Crippen molar-refractivity contribution in [2.75, 3.05) is 24.3 Å². The fourth-order valence-electron chi connectivity index (χ4n) is 2.67. The van der Waals surface area contributed by atoms with Crippen molar-refractivity contribution >= 4 is 42.2 Å². The molecule has 2 amide bonds. The van der Waals surface area contributed by atoms with Crippen LogP contribution in [0.1, 0.15) is 40.5 Å². The standard InChI is InChI=1S/C19H38N4O4S2/c1-6-12(4)16(18(25)22-14(19(26)27)7-8-29-5)23-17(24)15(11(2)3)21-9-13(20)10-28/h11-16,21,28H,6-10,20H2,1-5H3,(H,22,25)(H,23,24)(H,26,27)/t12-,13+,14-,15-,16-/m0/s1. The van der Waals surface area contributed by atoms with Gasteiger partial charge >= 0.3 is 5.97 Å². The number of carboxylic acid groups (broad SMARTS) is 1. The van der Waals surface area contributed by atoms with Gasteiger partial charge in [-0.3, -0.25) is 9.59 Å². The minimum absolute atomic E-state index is 0.0175. The van der Waals surface area contributed by atoms with E-state index in [2.05, 4.69) is 28.6 Å². The highest BCUT2D eigenvalue weighted by molar-refractivity contribution is 7.98. The highest BCUT2D eigenvalue weighted by atomic mass is 32.2. The normalized spacial score (nSPS) is 16.6. The zero-order chi connectivity index (χ0) is 22.6. The van der Waals surface area contributed by atoms with Crippen LogP contribution in [0.2, 0.25) is 0 Å². The molecule has 0 fully saturated rings. The van der Waals surface area contributed by atoms with E-state index >= 15 is 0 Å². The maximum Gasteiger partial charge on any atom is 0.326 e. The molecule has 0 aliphatic rings. The molecule has 29 heavy (non-hydrogen) atoms. The average molecular weight is 451 g/mol. The maximum atomic E-state index is 12.9. The Balaban J connectivity index is 5.26. The number of carbonyl (C=O) groups is 3. The van der Waals surface area contributed by atoms with E-state index in [-0.39, 0.29) is 23.8 Å². The molecule has 0 aromatic heterocycles. The highest BCUT2D eigenvalue weighted by Gasteiger charge is 2.32. The van der Waals surface area contributed by atoms with E-state index in [9.17, 15) is 19.5 Å². The van der Waals surface area contributed by atoms with Gasteiger partial charge < -0.3 is 26.8 Å². The molecule has 0 aliphatic carbocycles. The Bertz CT molecular complexity index is 522. The monoisotopic (exact) mass is 450 g/mol. The van der Waals surface area contributed by atoms with Crippen LogP contribution in [-0.4, -0.2) is 71.4 Å². The molecule has 8 nitrogen and oxygen atoms in total. The second kappa shape index (κ2) is 14.9. The molecule has 10 heteroatoms. The van der Waals surface area contributed by atoms with Gasteiger partial charge in [0.2, 0.25) is 11.8 Å².